The van der Waals surface area contributed by atoms with E-state index in [-0.39, 0.29) is 5.91 Å². The van der Waals surface area contributed by atoms with Gasteiger partial charge in [-0.15, -0.1) is 0 Å². The van der Waals surface area contributed by atoms with Gasteiger partial charge in [0, 0.05) is 57.6 Å². The second-order valence-electron chi connectivity index (χ2n) is 8.52. The van der Waals surface area contributed by atoms with Crippen LogP contribution in [0.5, 0.6) is 0 Å². The molecule has 5 rings (SSSR count). The third kappa shape index (κ3) is 4.96. The fraction of sp³-hybridized carbons (Fsp3) is 0.360. The molecular weight excluding hydrogens is 414 g/mol. The Morgan fingerprint density at radius 2 is 1.85 bits per heavy atom. The lowest BCUT2D eigenvalue weighted by molar-refractivity contribution is 0.102. The monoisotopic (exact) mass is 443 g/mol. The number of carbonyl (C=O) groups is 1. The van der Waals surface area contributed by atoms with Crippen LogP contribution in [0.4, 0.5) is 17.3 Å². The third-order valence-corrected chi connectivity index (χ3v) is 6.35. The molecule has 2 aromatic heterocycles. The first-order valence-corrected chi connectivity index (χ1v) is 11.6. The SMILES string of the molecule is O=C(Nc1cnccc1N1CCNCC1)c1ccnc(N2CCCC(c3ccccc3)C2)n1. The molecule has 2 aliphatic rings. The van der Waals surface area contributed by atoms with Crippen molar-refractivity contribution in [1.29, 1.82) is 0 Å². The normalized spacial score (nSPS) is 18.7. The van der Waals surface area contributed by atoms with E-state index in [9.17, 15) is 4.79 Å². The zero-order valence-electron chi connectivity index (χ0n) is 18.7. The molecule has 8 heteroatoms. The highest BCUT2D eigenvalue weighted by Gasteiger charge is 2.24. The van der Waals surface area contributed by atoms with Crippen molar-refractivity contribution in [2.45, 2.75) is 18.8 Å². The van der Waals surface area contributed by atoms with Crippen LogP contribution in [0.15, 0.2) is 61.1 Å². The number of amides is 1. The number of anilines is 3. The minimum atomic E-state index is -0.250. The molecule has 0 saturated carbocycles. The molecule has 8 nitrogen and oxygen atoms in total. The molecule has 170 valence electrons. The van der Waals surface area contributed by atoms with E-state index in [0.717, 1.165) is 57.8 Å². The molecule has 2 fully saturated rings. The van der Waals surface area contributed by atoms with Crippen molar-refractivity contribution in [2.75, 3.05) is 54.4 Å². The van der Waals surface area contributed by atoms with Crippen LogP contribution in [0.25, 0.3) is 0 Å². The second kappa shape index (κ2) is 9.95. The molecule has 1 aromatic carbocycles. The van der Waals surface area contributed by atoms with Crippen LogP contribution >= 0.6 is 0 Å². The van der Waals surface area contributed by atoms with Gasteiger partial charge >= 0.3 is 0 Å². The van der Waals surface area contributed by atoms with Crippen LogP contribution in [0.1, 0.15) is 34.8 Å². The molecule has 33 heavy (non-hydrogen) atoms. The zero-order valence-corrected chi connectivity index (χ0v) is 18.7. The second-order valence-corrected chi connectivity index (χ2v) is 8.52. The molecule has 1 atom stereocenters. The molecule has 1 unspecified atom stereocenters. The lowest BCUT2D eigenvalue weighted by atomic mass is 9.91. The molecule has 0 aliphatic carbocycles. The Morgan fingerprint density at radius 3 is 2.70 bits per heavy atom. The summed E-state index contributed by atoms with van der Waals surface area (Å²) in [5, 5.41) is 6.37. The Bertz CT molecular complexity index is 1080. The van der Waals surface area contributed by atoms with E-state index in [2.05, 4.69) is 59.7 Å². The smallest absolute Gasteiger partial charge is 0.274 e. The minimum Gasteiger partial charge on any atom is -0.367 e. The quantitative estimate of drug-likeness (QED) is 0.627. The summed E-state index contributed by atoms with van der Waals surface area (Å²) in [5.41, 5.74) is 3.38. The first-order chi connectivity index (χ1) is 16.3. The number of pyridine rings is 1. The molecule has 0 radical (unpaired) electrons. The van der Waals surface area contributed by atoms with E-state index >= 15 is 0 Å². The molecular formula is C25H29N7O. The average Bonchev–Trinajstić information content (AvgIpc) is 2.90. The summed E-state index contributed by atoms with van der Waals surface area (Å²) < 4.78 is 0. The van der Waals surface area contributed by atoms with Gasteiger partial charge in [0.15, 0.2) is 0 Å². The van der Waals surface area contributed by atoms with Gasteiger partial charge < -0.3 is 20.4 Å². The lowest BCUT2D eigenvalue weighted by Crippen LogP contribution is -2.43. The average molecular weight is 444 g/mol. The van der Waals surface area contributed by atoms with Crippen molar-refractivity contribution in [3.63, 3.8) is 0 Å². The molecule has 2 aliphatic heterocycles. The number of nitrogens with zero attached hydrogens (tertiary/aromatic N) is 5. The summed E-state index contributed by atoms with van der Waals surface area (Å²) in [7, 11) is 0. The van der Waals surface area contributed by atoms with Gasteiger partial charge in [-0.05, 0) is 30.5 Å². The van der Waals surface area contributed by atoms with E-state index in [0.29, 0.717) is 23.2 Å². The number of benzene rings is 1. The Kier molecular flexibility index (Phi) is 6.44. The molecule has 3 aromatic rings. The van der Waals surface area contributed by atoms with Crippen molar-refractivity contribution in [3.8, 4) is 0 Å². The lowest BCUT2D eigenvalue weighted by Gasteiger charge is -2.33. The predicted octanol–water partition coefficient (Wildman–Crippen LogP) is 2.92. The highest BCUT2D eigenvalue weighted by Crippen LogP contribution is 2.29. The van der Waals surface area contributed by atoms with Crippen molar-refractivity contribution in [3.05, 3.63) is 72.3 Å². The number of piperazine rings is 1. The summed E-state index contributed by atoms with van der Waals surface area (Å²) in [6.45, 7) is 5.37. The van der Waals surface area contributed by atoms with Crippen LogP contribution in [0.2, 0.25) is 0 Å². The van der Waals surface area contributed by atoms with Crippen molar-refractivity contribution < 1.29 is 4.79 Å². The van der Waals surface area contributed by atoms with Crippen LogP contribution in [0.3, 0.4) is 0 Å². The molecule has 1 amide bonds. The standard InChI is InChI=1S/C25H29N7O/c33-24(29-22-17-27-10-9-23(22)31-15-12-26-13-16-31)21-8-11-28-25(30-21)32-14-4-7-20(18-32)19-5-2-1-3-6-19/h1-3,5-6,8-11,17,20,26H,4,7,12-16,18H2,(H,29,33). The number of hydrogen-bond donors (Lipinski definition) is 2. The van der Waals surface area contributed by atoms with Crippen LogP contribution in [-0.4, -0.2) is 60.1 Å². The van der Waals surface area contributed by atoms with E-state index in [4.69, 9.17) is 0 Å². The maximum atomic E-state index is 13.1. The first-order valence-electron chi connectivity index (χ1n) is 11.6. The van der Waals surface area contributed by atoms with Gasteiger partial charge in [0.05, 0.1) is 17.6 Å². The maximum Gasteiger partial charge on any atom is 0.274 e. The largest absolute Gasteiger partial charge is 0.367 e. The number of aromatic nitrogens is 3. The summed E-state index contributed by atoms with van der Waals surface area (Å²) >= 11 is 0. The summed E-state index contributed by atoms with van der Waals surface area (Å²) in [6, 6.07) is 14.2. The summed E-state index contributed by atoms with van der Waals surface area (Å²) in [5.74, 6) is 0.800. The molecule has 0 spiro atoms. The Balaban J connectivity index is 1.31. The van der Waals surface area contributed by atoms with Gasteiger partial charge in [-0.25, -0.2) is 9.97 Å². The van der Waals surface area contributed by atoms with E-state index in [1.165, 1.54) is 5.56 Å². The zero-order chi connectivity index (χ0) is 22.5. The Labute approximate surface area is 194 Å². The van der Waals surface area contributed by atoms with Crippen LogP contribution < -0.4 is 20.4 Å². The summed E-state index contributed by atoms with van der Waals surface area (Å²) in [4.78, 5) is 30.9. The van der Waals surface area contributed by atoms with Gasteiger partial charge in [0.2, 0.25) is 5.95 Å². The fourth-order valence-corrected chi connectivity index (χ4v) is 4.63. The fourth-order valence-electron chi connectivity index (χ4n) is 4.63. The Hall–Kier alpha value is -3.52. The molecule has 2 saturated heterocycles. The topological polar surface area (TPSA) is 86.3 Å². The van der Waals surface area contributed by atoms with E-state index < -0.39 is 0 Å². The van der Waals surface area contributed by atoms with Gasteiger partial charge in [0.1, 0.15) is 5.69 Å². The number of hydrogen-bond acceptors (Lipinski definition) is 7. The van der Waals surface area contributed by atoms with Gasteiger partial charge in [0.25, 0.3) is 5.91 Å². The van der Waals surface area contributed by atoms with Gasteiger partial charge in [-0.2, -0.15) is 0 Å². The number of carbonyl (C=O) groups excluding carboxylic acids is 1. The highest BCUT2D eigenvalue weighted by atomic mass is 16.1. The predicted molar refractivity (Wildman–Crippen MR) is 130 cm³/mol. The van der Waals surface area contributed by atoms with Crippen LogP contribution in [0, 0.1) is 0 Å². The van der Waals surface area contributed by atoms with Crippen molar-refractivity contribution >= 4 is 23.2 Å². The first kappa shape index (κ1) is 21.3. The van der Waals surface area contributed by atoms with Crippen molar-refractivity contribution in [2.24, 2.45) is 0 Å². The third-order valence-electron chi connectivity index (χ3n) is 6.35. The van der Waals surface area contributed by atoms with Gasteiger partial charge in [-0.1, -0.05) is 30.3 Å². The molecule has 0 bridgehead atoms. The summed E-state index contributed by atoms with van der Waals surface area (Å²) in [6.07, 6.45) is 7.35. The van der Waals surface area contributed by atoms with Crippen molar-refractivity contribution in [1.82, 2.24) is 20.3 Å². The highest BCUT2D eigenvalue weighted by molar-refractivity contribution is 6.04. The minimum absolute atomic E-state index is 0.250. The van der Waals surface area contributed by atoms with E-state index in [1.807, 2.05) is 12.1 Å². The van der Waals surface area contributed by atoms with E-state index in [1.54, 1.807) is 24.7 Å². The number of piperidine rings is 1. The number of rotatable bonds is 5. The van der Waals surface area contributed by atoms with Crippen LogP contribution in [-0.2, 0) is 0 Å². The number of nitrogens with one attached hydrogen (secondary N) is 2. The molecule has 2 N–H and O–H groups in total. The maximum absolute atomic E-state index is 13.1. The Morgan fingerprint density at radius 1 is 1.00 bits per heavy atom. The molecule has 4 heterocycles. The van der Waals surface area contributed by atoms with Gasteiger partial charge in [-0.3, -0.25) is 9.78 Å².